The Bertz CT molecular complexity index is 1040. The van der Waals surface area contributed by atoms with Crippen LogP contribution in [0.15, 0.2) is 23.8 Å². The lowest BCUT2D eigenvalue weighted by atomic mass is 10.2. The van der Waals surface area contributed by atoms with Gasteiger partial charge in [0.05, 0.1) is 21.5 Å². The van der Waals surface area contributed by atoms with Crippen molar-refractivity contribution in [2.45, 2.75) is 27.2 Å². The highest BCUT2D eigenvalue weighted by Gasteiger charge is 2.21. The van der Waals surface area contributed by atoms with Gasteiger partial charge in [-0.25, -0.2) is 18.7 Å². The molecule has 1 amide bonds. The average molecular weight is 452 g/mol. The molecule has 3 N–H and O–H groups in total. The van der Waals surface area contributed by atoms with Gasteiger partial charge in [0.2, 0.25) is 0 Å². The molecular weight excluding hydrogens is 428 g/mol. The number of benzene rings is 1. The first kappa shape index (κ1) is 22.2. The molecule has 160 valence electrons. The number of rotatable bonds is 9. The zero-order valence-electron chi connectivity index (χ0n) is 16.9. The predicted molar refractivity (Wildman–Crippen MR) is 121 cm³/mol. The second-order valence-corrected chi connectivity index (χ2v) is 8.79. The molecule has 10 heteroatoms. The van der Waals surface area contributed by atoms with Gasteiger partial charge in [0.15, 0.2) is 5.82 Å². The van der Waals surface area contributed by atoms with E-state index in [2.05, 4.69) is 39.2 Å². The molecule has 0 unspecified atom stereocenters. The monoisotopic (exact) mass is 451 g/mol. The van der Waals surface area contributed by atoms with Crippen molar-refractivity contribution in [1.29, 1.82) is 0 Å². The molecule has 1 aromatic carbocycles. The third-order valence-electron chi connectivity index (χ3n) is 4.09. The first-order valence-corrected chi connectivity index (χ1v) is 11.4. The summed E-state index contributed by atoms with van der Waals surface area (Å²) < 4.78 is 32.6. The van der Waals surface area contributed by atoms with Crippen LogP contribution >= 0.6 is 23.3 Å². The number of hydrogen-bond donors (Lipinski definition) is 3. The van der Waals surface area contributed by atoms with Crippen molar-refractivity contribution in [3.05, 3.63) is 41.0 Å². The van der Waals surface area contributed by atoms with Crippen molar-refractivity contribution in [1.82, 2.24) is 9.97 Å². The molecule has 0 bridgehead atoms. The van der Waals surface area contributed by atoms with E-state index >= 15 is 0 Å². The Morgan fingerprint density at radius 3 is 2.80 bits per heavy atom. The maximum Gasteiger partial charge on any atom is 0.258 e. The van der Waals surface area contributed by atoms with E-state index in [4.69, 9.17) is 0 Å². The second kappa shape index (κ2) is 10.0. The molecule has 0 saturated heterocycles. The van der Waals surface area contributed by atoms with Crippen molar-refractivity contribution in [3.63, 3.8) is 0 Å². The van der Waals surface area contributed by atoms with Crippen LogP contribution in [0.2, 0.25) is 0 Å². The second-order valence-electron chi connectivity index (χ2n) is 7.01. The third kappa shape index (κ3) is 4.99. The Hall–Kier alpha value is -2.46. The van der Waals surface area contributed by atoms with Crippen LogP contribution in [0.5, 0.6) is 0 Å². The predicted octanol–water partition coefficient (Wildman–Crippen LogP) is 5.76. The minimum Gasteiger partial charge on any atom is -0.369 e. The Morgan fingerprint density at radius 1 is 1.27 bits per heavy atom. The summed E-state index contributed by atoms with van der Waals surface area (Å²) in [6, 6.07) is 2.43. The molecule has 0 fully saturated rings. The van der Waals surface area contributed by atoms with Gasteiger partial charge in [0, 0.05) is 17.7 Å². The van der Waals surface area contributed by atoms with E-state index in [9.17, 15) is 13.6 Å². The van der Waals surface area contributed by atoms with Crippen LogP contribution in [-0.2, 0) is 0 Å². The number of carbonyl (C=O) groups is 1. The van der Waals surface area contributed by atoms with Gasteiger partial charge in [0.25, 0.3) is 5.91 Å². The molecule has 30 heavy (non-hydrogen) atoms. The lowest BCUT2D eigenvalue weighted by molar-refractivity contribution is 0.102. The molecule has 2 heterocycles. The summed E-state index contributed by atoms with van der Waals surface area (Å²) in [5, 5.41) is 7.21. The zero-order valence-corrected chi connectivity index (χ0v) is 18.5. The maximum absolute atomic E-state index is 14.8. The number of carbonyl (C=O) groups excluding carboxylic acids is 1. The van der Waals surface area contributed by atoms with Crippen LogP contribution in [0.1, 0.15) is 37.6 Å². The first-order valence-electron chi connectivity index (χ1n) is 9.55. The number of hydrogen-bond acceptors (Lipinski definition) is 7. The van der Waals surface area contributed by atoms with Gasteiger partial charge in [-0.1, -0.05) is 32.7 Å². The summed E-state index contributed by atoms with van der Waals surface area (Å²) >= 11 is 2.62. The average Bonchev–Trinajstić information content (AvgIpc) is 3.16. The van der Waals surface area contributed by atoms with E-state index in [1.54, 1.807) is 5.38 Å². The van der Waals surface area contributed by atoms with Crippen molar-refractivity contribution in [3.8, 4) is 0 Å². The number of aromatic nitrogens is 2. The molecule has 3 aromatic rings. The highest BCUT2D eigenvalue weighted by molar-refractivity contribution is 8.00. The smallest absolute Gasteiger partial charge is 0.258 e. The molecule has 0 radical (unpaired) electrons. The highest BCUT2D eigenvalue weighted by atomic mass is 32.2. The van der Waals surface area contributed by atoms with Gasteiger partial charge in [-0.2, -0.15) is 0 Å². The molecule has 0 aliphatic carbocycles. The topological polar surface area (TPSA) is 78.9 Å². The number of thiophene rings is 1. The Morgan fingerprint density at radius 2 is 2.07 bits per heavy atom. The summed E-state index contributed by atoms with van der Waals surface area (Å²) in [6.07, 6.45) is 2.27. The summed E-state index contributed by atoms with van der Waals surface area (Å²) in [5.41, 5.74) is 0.298. The maximum atomic E-state index is 14.8. The van der Waals surface area contributed by atoms with Crippen molar-refractivity contribution in [2.24, 2.45) is 5.92 Å². The lowest BCUT2D eigenvalue weighted by Gasteiger charge is -2.12. The van der Waals surface area contributed by atoms with Crippen LogP contribution in [0.4, 0.5) is 26.0 Å². The number of nitrogens with one attached hydrogen (secondary N) is 3. The van der Waals surface area contributed by atoms with E-state index in [-0.39, 0.29) is 11.3 Å². The molecule has 2 aromatic heterocycles. The van der Waals surface area contributed by atoms with Crippen molar-refractivity contribution >= 4 is 56.6 Å². The molecule has 0 aliphatic heterocycles. The molecule has 0 aliphatic rings. The van der Waals surface area contributed by atoms with E-state index < -0.39 is 23.2 Å². The zero-order chi connectivity index (χ0) is 21.7. The van der Waals surface area contributed by atoms with Gasteiger partial charge in [-0.3, -0.25) is 4.79 Å². The van der Waals surface area contributed by atoms with E-state index in [0.29, 0.717) is 17.3 Å². The number of halogens is 2. The number of anilines is 3. The quantitative estimate of drug-likeness (QED) is 0.284. The molecule has 6 nitrogen and oxygen atoms in total. The summed E-state index contributed by atoms with van der Waals surface area (Å²) in [7, 11) is 0. The Kier molecular flexibility index (Phi) is 7.43. The Labute approximate surface area is 182 Å². The fourth-order valence-electron chi connectivity index (χ4n) is 2.60. The summed E-state index contributed by atoms with van der Waals surface area (Å²) in [4.78, 5) is 21.2. The van der Waals surface area contributed by atoms with Crippen LogP contribution in [0.25, 0.3) is 10.2 Å². The molecule has 3 rings (SSSR count). The van der Waals surface area contributed by atoms with Gasteiger partial charge < -0.3 is 15.4 Å². The number of amides is 1. The normalized spacial score (nSPS) is 11.1. The summed E-state index contributed by atoms with van der Waals surface area (Å²) in [6.45, 7) is 6.87. The van der Waals surface area contributed by atoms with Crippen LogP contribution in [0, 0.1) is 17.6 Å². The molecular formula is C20H23F2N5OS2. The SMILES string of the molecule is CCCSNc1ccc(F)c(NC(=O)c2csc3c(NCC(C)C)ncnc23)c1F. The Balaban J connectivity index is 1.85. The molecule has 0 spiro atoms. The van der Waals surface area contributed by atoms with Crippen LogP contribution in [-0.4, -0.2) is 28.2 Å². The fourth-order valence-corrected chi connectivity index (χ4v) is 4.18. The van der Waals surface area contributed by atoms with E-state index in [1.165, 1.54) is 35.7 Å². The number of nitrogens with zero attached hydrogens (tertiary/aromatic N) is 2. The highest BCUT2D eigenvalue weighted by Crippen LogP contribution is 2.32. The number of fused-ring (bicyclic) bond motifs is 1. The van der Waals surface area contributed by atoms with Crippen LogP contribution in [0.3, 0.4) is 0 Å². The van der Waals surface area contributed by atoms with Gasteiger partial charge in [0.1, 0.15) is 23.6 Å². The summed E-state index contributed by atoms with van der Waals surface area (Å²) in [5.74, 6) is -0.507. The molecule has 0 saturated carbocycles. The van der Waals surface area contributed by atoms with E-state index in [0.717, 1.165) is 29.5 Å². The van der Waals surface area contributed by atoms with Crippen molar-refractivity contribution in [2.75, 3.05) is 27.7 Å². The first-order chi connectivity index (χ1) is 14.4. The van der Waals surface area contributed by atoms with Crippen molar-refractivity contribution < 1.29 is 13.6 Å². The van der Waals surface area contributed by atoms with E-state index in [1.807, 2.05) is 6.92 Å². The third-order valence-corrected chi connectivity index (χ3v) is 6.05. The van der Waals surface area contributed by atoms with Gasteiger partial charge in [-0.15, -0.1) is 11.3 Å². The standard InChI is InChI=1S/C20H23F2N5OS2/c1-4-7-30-27-14-6-5-13(21)17(15(14)22)26-20(28)12-9-29-18-16(12)24-10-25-19(18)23-8-11(2)3/h5-6,9-11,27H,4,7-8H2,1-3H3,(H,26,28)(H,23,24,25). The van der Waals surface area contributed by atoms with Gasteiger partial charge >= 0.3 is 0 Å². The van der Waals surface area contributed by atoms with Gasteiger partial charge in [-0.05, 0) is 24.5 Å². The molecule has 0 atom stereocenters. The minimum atomic E-state index is -0.847. The largest absolute Gasteiger partial charge is 0.369 e. The lowest BCUT2D eigenvalue weighted by Crippen LogP contribution is -2.15. The minimum absolute atomic E-state index is 0.114. The fraction of sp³-hybridized carbons (Fsp3) is 0.350. The van der Waals surface area contributed by atoms with Crippen LogP contribution < -0.4 is 15.4 Å².